The van der Waals surface area contributed by atoms with Gasteiger partial charge in [-0.15, -0.1) is 0 Å². The molecule has 1 aliphatic rings. The summed E-state index contributed by atoms with van der Waals surface area (Å²) in [5.74, 6) is -0.728. The lowest BCUT2D eigenvalue weighted by Gasteiger charge is -2.37. The van der Waals surface area contributed by atoms with Gasteiger partial charge in [-0.05, 0) is 98.6 Å². The first-order valence-electron chi connectivity index (χ1n) is 12.3. The number of ether oxygens (including phenoxy) is 1. The number of piperidine rings is 1. The van der Waals surface area contributed by atoms with Crippen LogP contribution < -0.4 is 4.74 Å². The average Bonchev–Trinajstić information content (AvgIpc) is 2.88. The molecule has 0 unspecified atom stereocenters. The largest absolute Gasteiger partial charge is 0.497 e. The Morgan fingerprint density at radius 2 is 2.03 bits per heavy atom. The Morgan fingerprint density at radius 3 is 2.75 bits per heavy atom. The van der Waals surface area contributed by atoms with Crippen LogP contribution in [-0.4, -0.2) is 47.7 Å². The number of rotatable bonds is 10. The molecule has 1 aromatic heterocycles. The molecule has 1 N–H and O–H groups in total. The SMILES string of the molecule is COc1ccc2nccc([C@H](F)CC[C@@H]3CCN(CCCc4c(Cl)cccc4Cl)C[C@@H]3C(=O)O)c2c1. The van der Waals surface area contributed by atoms with E-state index in [2.05, 4.69) is 9.88 Å². The molecule has 3 aromatic rings. The van der Waals surface area contributed by atoms with Gasteiger partial charge in [0, 0.05) is 28.2 Å². The minimum absolute atomic E-state index is 0.0577. The van der Waals surface area contributed by atoms with Gasteiger partial charge in [-0.1, -0.05) is 29.3 Å². The fraction of sp³-hybridized carbons (Fsp3) is 0.429. The number of carboxylic acid groups (broad SMARTS) is 1. The van der Waals surface area contributed by atoms with Gasteiger partial charge in [0.05, 0.1) is 18.5 Å². The molecule has 1 fully saturated rings. The van der Waals surface area contributed by atoms with E-state index < -0.39 is 18.1 Å². The predicted molar refractivity (Wildman–Crippen MR) is 142 cm³/mol. The molecular formula is C28H31Cl2FN2O3. The molecule has 8 heteroatoms. The van der Waals surface area contributed by atoms with Crippen molar-refractivity contribution in [3.63, 3.8) is 0 Å². The van der Waals surface area contributed by atoms with Gasteiger partial charge in [-0.25, -0.2) is 4.39 Å². The average molecular weight is 533 g/mol. The second-order valence-corrected chi connectivity index (χ2v) is 10.2. The van der Waals surface area contributed by atoms with Gasteiger partial charge < -0.3 is 14.7 Å². The Bertz CT molecular complexity index is 1190. The molecule has 0 spiro atoms. The third-order valence-electron chi connectivity index (χ3n) is 7.23. The van der Waals surface area contributed by atoms with Crippen molar-refractivity contribution in [1.29, 1.82) is 0 Å². The highest BCUT2D eigenvalue weighted by Crippen LogP contribution is 2.35. The number of aromatic nitrogens is 1. The second-order valence-electron chi connectivity index (χ2n) is 9.43. The van der Waals surface area contributed by atoms with Gasteiger partial charge in [0.2, 0.25) is 0 Å². The summed E-state index contributed by atoms with van der Waals surface area (Å²) >= 11 is 12.5. The minimum Gasteiger partial charge on any atom is -0.497 e. The van der Waals surface area contributed by atoms with Crippen molar-refractivity contribution in [2.45, 2.75) is 38.3 Å². The zero-order valence-corrected chi connectivity index (χ0v) is 21.8. The monoisotopic (exact) mass is 532 g/mol. The number of methoxy groups -OCH3 is 1. The van der Waals surface area contributed by atoms with Crippen LogP contribution in [0.1, 0.15) is 43.0 Å². The van der Waals surface area contributed by atoms with Crippen LogP contribution in [0, 0.1) is 11.8 Å². The number of pyridine rings is 1. The quantitative estimate of drug-likeness (QED) is 0.304. The van der Waals surface area contributed by atoms with Crippen molar-refractivity contribution in [2.24, 2.45) is 11.8 Å². The molecule has 0 radical (unpaired) electrons. The number of fused-ring (bicyclic) bond motifs is 1. The molecule has 1 saturated heterocycles. The summed E-state index contributed by atoms with van der Waals surface area (Å²) in [5.41, 5.74) is 2.22. The first-order valence-corrected chi connectivity index (χ1v) is 13.1. The number of aliphatic carboxylic acids is 1. The Kier molecular flexibility index (Phi) is 9.04. The summed E-state index contributed by atoms with van der Waals surface area (Å²) in [6.45, 7) is 2.05. The highest BCUT2D eigenvalue weighted by atomic mass is 35.5. The van der Waals surface area contributed by atoms with Crippen LogP contribution >= 0.6 is 23.2 Å². The van der Waals surface area contributed by atoms with Crippen LogP contribution in [0.25, 0.3) is 10.9 Å². The molecule has 36 heavy (non-hydrogen) atoms. The number of hydrogen-bond acceptors (Lipinski definition) is 4. The molecule has 2 aromatic carbocycles. The maximum Gasteiger partial charge on any atom is 0.308 e. The van der Waals surface area contributed by atoms with Crippen molar-refractivity contribution in [1.82, 2.24) is 9.88 Å². The van der Waals surface area contributed by atoms with E-state index in [9.17, 15) is 9.90 Å². The summed E-state index contributed by atoms with van der Waals surface area (Å²) in [6.07, 6.45) is 3.53. The number of hydrogen-bond donors (Lipinski definition) is 1. The molecule has 3 atom stereocenters. The van der Waals surface area contributed by atoms with Crippen molar-refractivity contribution >= 4 is 40.1 Å². The predicted octanol–water partition coefficient (Wildman–Crippen LogP) is 7.00. The fourth-order valence-corrected chi connectivity index (χ4v) is 5.80. The maximum absolute atomic E-state index is 15.4. The first kappa shape index (κ1) is 26.6. The van der Waals surface area contributed by atoms with Crippen LogP contribution in [0.4, 0.5) is 4.39 Å². The van der Waals surface area contributed by atoms with Crippen LogP contribution in [0.2, 0.25) is 10.0 Å². The van der Waals surface area contributed by atoms with Gasteiger partial charge in [-0.3, -0.25) is 9.78 Å². The number of alkyl halides is 1. The Morgan fingerprint density at radius 1 is 1.25 bits per heavy atom. The van der Waals surface area contributed by atoms with E-state index in [-0.39, 0.29) is 12.3 Å². The molecule has 5 nitrogen and oxygen atoms in total. The Labute approximate surface area is 221 Å². The number of halogens is 3. The maximum atomic E-state index is 15.4. The van der Waals surface area contributed by atoms with E-state index in [1.807, 2.05) is 24.3 Å². The molecule has 0 saturated carbocycles. The summed E-state index contributed by atoms with van der Waals surface area (Å²) in [4.78, 5) is 18.6. The fourth-order valence-electron chi connectivity index (χ4n) is 5.21. The number of carboxylic acids is 1. The van der Waals surface area contributed by atoms with E-state index in [4.69, 9.17) is 27.9 Å². The van der Waals surface area contributed by atoms with E-state index >= 15 is 4.39 Å². The highest BCUT2D eigenvalue weighted by Gasteiger charge is 2.34. The van der Waals surface area contributed by atoms with Crippen LogP contribution in [-0.2, 0) is 11.2 Å². The minimum atomic E-state index is -1.20. The van der Waals surface area contributed by atoms with Gasteiger partial charge in [0.1, 0.15) is 11.9 Å². The lowest BCUT2D eigenvalue weighted by Crippen LogP contribution is -2.44. The van der Waals surface area contributed by atoms with Crippen LogP contribution in [0.5, 0.6) is 5.75 Å². The highest BCUT2D eigenvalue weighted by molar-refractivity contribution is 6.35. The lowest BCUT2D eigenvalue weighted by atomic mass is 9.81. The molecule has 0 amide bonds. The van der Waals surface area contributed by atoms with Gasteiger partial charge >= 0.3 is 5.97 Å². The zero-order chi connectivity index (χ0) is 25.7. The molecule has 4 rings (SSSR count). The smallest absolute Gasteiger partial charge is 0.308 e. The molecular weight excluding hydrogens is 502 g/mol. The van der Waals surface area contributed by atoms with Crippen molar-refractivity contribution in [3.8, 4) is 5.75 Å². The van der Waals surface area contributed by atoms with E-state index in [0.717, 1.165) is 43.3 Å². The summed E-state index contributed by atoms with van der Waals surface area (Å²) in [5, 5.41) is 12.0. The Hall–Kier alpha value is -2.41. The van der Waals surface area contributed by atoms with Gasteiger partial charge in [0.15, 0.2) is 0 Å². The topological polar surface area (TPSA) is 62.7 Å². The van der Waals surface area contributed by atoms with Crippen molar-refractivity contribution in [3.05, 3.63) is 69.8 Å². The zero-order valence-electron chi connectivity index (χ0n) is 20.3. The number of nitrogens with zero attached hydrogens (tertiary/aromatic N) is 2. The first-order chi connectivity index (χ1) is 17.4. The van der Waals surface area contributed by atoms with Crippen LogP contribution in [0.15, 0.2) is 48.7 Å². The lowest BCUT2D eigenvalue weighted by molar-refractivity contribution is -0.146. The van der Waals surface area contributed by atoms with E-state index in [1.54, 1.807) is 31.5 Å². The van der Waals surface area contributed by atoms with Crippen LogP contribution in [0.3, 0.4) is 0 Å². The third-order valence-corrected chi connectivity index (χ3v) is 7.94. The van der Waals surface area contributed by atoms with E-state index in [0.29, 0.717) is 39.8 Å². The normalized spacial score (nSPS) is 19.3. The number of likely N-dealkylation sites (tertiary alicyclic amines) is 1. The molecule has 192 valence electrons. The summed E-state index contributed by atoms with van der Waals surface area (Å²) in [6, 6.07) is 12.6. The number of carbonyl (C=O) groups is 1. The standard InChI is InChI=1S/C28H31Cl2FN2O3/c1-36-19-8-10-27-22(16-19)20(11-13-32-27)26(31)9-7-18-12-15-33(17-23(18)28(34)35)14-3-4-21-24(29)5-2-6-25(21)30/h2,5-6,8,10-11,13,16,18,23,26H,3-4,7,9,12,14-15,17H2,1H3,(H,34,35)/t18-,23+,26-/m1/s1. The molecule has 1 aliphatic heterocycles. The molecule has 2 heterocycles. The Balaban J connectivity index is 1.34. The van der Waals surface area contributed by atoms with Gasteiger partial charge in [0.25, 0.3) is 0 Å². The van der Waals surface area contributed by atoms with Crippen molar-refractivity contribution in [2.75, 3.05) is 26.7 Å². The molecule has 0 bridgehead atoms. The molecule has 0 aliphatic carbocycles. The van der Waals surface area contributed by atoms with Gasteiger partial charge in [-0.2, -0.15) is 0 Å². The van der Waals surface area contributed by atoms with E-state index in [1.165, 1.54) is 0 Å². The number of benzene rings is 2. The van der Waals surface area contributed by atoms with Crippen molar-refractivity contribution < 1.29 is 19.0 Å². The second kappa shape index (κ2) is 12.2. The summed E-state index contributed by atoms with van der Waals surface area (Å²) in [7, 11) is 1.58. The summed E-state index contributed by atoms with van der Waals surface area (Å²) < 4.78 is 20.7. The third kappa shape index (κ3) is 6.28.